The SMILES string of the molecule is COC(=O)/C=C/C(=C(/C(=O)OC)[C@@H]1OC(C(=O)OC)=C[C@H](c2ccc(OC)cc2)[C@H]1c1ccc(OC)cc1)c1ccc(OC)cc1. The van der Waals surface area contributed by atoms with Crippen LogP contribution < -0.4 is 14.2 Å². The number of benzene rings is 3. The molecule has 10 nitrogen and oxygen atoms in total. The quantitative estimate of drug-likeness (QED) is 0.118. The van der Waals surface area contributed by atoms with Crippen LogP contribution in [0, 0.1) is 0 Å². The van der Waals surface area contributed by atoms with Gasteiger partial charge in [0, 0.05) is 17.9 Å². The first-order chi connectivity index (χ1) is 22.3. The molecular formula is C36H36O10. The average Bonchev–Trinajstić information content (AvgIpc) is 3.12. The van der Waals surface area contributed by atoms with Crippen molar-refractivity contribution in [3.8, 4) is 17.2 Å². The summed E-state index contributed by atoms with van der Waals surface area (Å²) >= 11 is 0. The van der Waals surface area contributed by atoms with Crippen LogP contribution >= 0.6 is 0 Å². The van der Waals surface area contributed by atoms with Gasteiger partial charge in [0.25, 0.3) is 0 Å². The highest BCUT2D eigenvalue weighted by molar-refractivity contribution is 6.03. The third-order valence-electron chi connectivity index (χ3n) is 7.65. The Balaban J connectivity index is 2.08. The van der Waals surface area contributed by atoms with Crippen LogP contribution in [0.1, 0.15) is 28.5 Å². The van der Waals surface area contributed by atoms with E-state index in [0.29, 0.717) is 28.4 Å². The molecule has 0 fully saturated rings. The minimum absolute atomic E-state index is 0.0571. The number of esters is 3. The molecule has 0 amide bonds. The van der Waals surface area contributed by atoms with Gasteiger partial charge in [0.05, 0.1) is 48.2 Å². The number of carbonyl (C=O) groups excluding carboxylic acids is 3. The molecule has 3 aromatic rings. The maximum absolute atomic E-state index is 13.9. The van der Waals surface area contributed by atoms with Gasteiger partial charge in [0.1, 0.15) is 23.4 Å². The van der Waals surface area contributed by atoms with Gasteiger partial charge in [-0.1, -0.05) is 36.4 Å². The number of ether oxygens (including phenoxy) is 7. The standard InChI is InChI=1S/C36H36O10/c1-40-25-13-7-22(8-14-25)28(19-20-31(37)43-4)33(36(39)45-6)34-32(24-11-17-27(42-3)18-12-24)29(21-30(46-34)35(38)44-5)23-9-15-26(41-2)16-10-23/h7-21,29,32,34H,1-6H3/b20-19+,33-28-/t29-,32-,34-/m1/s1. The number of methoxy groups -OCH3 is 6. The fourth-order valence-corrected chi connectivity index (χ4v) is 5.32. The Morgan fingerprint density at radius 1 is 0.630 bits per heavy atom. The molecule has 4 rings (SSSR count). The van der Waals surface area contributed by atoms with Gasteiger partial charge >= 0.3 is 17.9 Å². The van der Waals surface area contributed by atoms with Crippen LogP contribution in [-0.2, 0) is 33.3 Å². The van der Waals surface area contributed by atoms with Crippen LogP contribution in [0.3, 0.4) is 0 Å². The van der Waals surface area contributed by atoms with E-state index in [9.17, 15) is 14.4 Å². The molecule has 0 aliphatic carbocycles. The topological polar surface area (TPSA) is 116 Å². The first kappa shape index (κ1) is 33.4. The Kier molecular flexibility index (Phi) is 11.2. The van der Waals surface area contributed by atoms with Crippen molar-refractivity contribution in [2.45, 2.75) is 17.9 Å². The lowest BCUT2D eigenvalue weighted by Crippen LogP contribution is -2.37. The van der Waals surface area contributed by atoms with E-state index in [0.717, 1.165) is 11.1 Å². The first-order valence-corrected chi connectivity index (χ1v) is 14.3. The van der Waals surface area contributed by atoms with Crippen LogP contribution in [0.2, 0.25) is 0 Å². The fraction of sp³-hybridized carbons (Fsp3) is 0.250. The van der Waals surface area contributed by atoms with Crippen LogP contribution in [0.4, 0.5) is 0 Å². The lowest BCUT2D eigenvalue weighted by Gasteiger charge is -2.38. The summed E-state index contributed by atoms with van der Waals surface area (Å²) in [5.74, 6) is -1.43. The maximum Gasteiger partial charge on any atom is 0.373 e. The summed E-state index contributed by atoms with van der Waals surface area (Å²) in [5, 5.41) is 0. The molecule has 0 saturated heterocycles. The van der Waals surface area contributed by atoms with Crippen molar-refractivity contribution in [1.29, 1.82) is 0 Å². The fourth-order valence-electron chi connectivity index (χ4n) is 5.32. The molecule has 3 atom stereocenters. The predicted octanol–water partition coefficient (Wildman–Crippen LogP) is 5.39. The zero-order valence-corrected chi connectivity index (χ0v) is 26.5. The van der Waals surface area contributed by atoms with Gasteiger partial charge in [-0.2, -0.15) is 0 Å². The van der Waals surface area contributed by atoms with Crippen LogP contribution in [0.25, 0.3) is 5.57 Å². The largest absolute Gasteiger partial charge is 0.497 e. The monoisotopic (exact) mass is 628 g/mol. The summed E-state index contributed by atoms with van der Waals surface area (Å²) in [6, 6.07) is 21.7. The Morgan fingerprint density at radius 2 is 1.15 bits per heavy atom. The number of allylic oxidation sites excluding steroid dienone is 3. The van der Waals surface area contributed by atoms with Gasteiger partial charge in [0.15, 0.2) is 0 Å². The minimum atomic E-state index is -1.12. The average molecular weight is 629 g/mol. The van der Waals surface area contributed by atoms with Crippen molar-refractivity contribution in [3.05, 3.63) is 119 Å². The van der Waals surface area contributed by atoms with E-state index < -0.39 is 35.8 Å². The molecular weight excluding hydrogens is 592 g/mol. The molecule has 240 valence electrons. The molecule has 0 unspecified atom stereocenters. The third-order valence-corrected chi connectivity index (χ3v) is 7.65. The summed E-state index contributed by atoms with van der Waals surface area (Å²) in [4.78, 5) is 39.3. The molecule has 0 N–H and O–H groups in total. The van der Waals surface area contributed by atoms with E-state index in [1.807, 2.05) is 36.4 Å². The lowest BCUT2D eigenvalue weighted by atomic mass is 9.73. The predicted molar refractivity (Wildman–Crippen MR) is 170 cm³/mol. The van der Waals surface area contributed by atoms with Crippen molar-refractivity contribution in [2.24, 2.45) is 0 Å². The zero-order valence-electron chi connectivity index (χ0n) is 26.5. The molecule has 0 saturated carbocycles. The van der Waals surface area contributed by atoms with Crippen molar-refractivity contribution < 1.29 is 47.5 Å². The van der Waals surface area contributed by atoms with E-state index in [1.165, 1.54) is 40.6 Å². The highest BCUT2D eigenvalue weighted by Gasteiger charge is 2.44. The second-order valence-electron chi connectivity index (χ2n) is 10.1. The van der Waals surface area contributed by atoms with Gasteiger partial charge in [-0.15, -0.1) is 0 Å². The molecule has 10 heteroatoms. The molecule has 0 spiro atoms. The summed E-state index contributed by atoms with van der Waals surface area (Å²) in [5.41, 5.74) is 2.51. The number of hydrogen-bond donors (Lipinski definition) is 0. The van der Waals surface area contributed by atoms with E-state index in [-0.39, 0.29) is 11.3 Å². The van der Waals surface area contributed by atoms with Gasteiger partial charge in [0.2, 0.25) is 5.76 Å². The Hall–Kier alpha value is -5.51. The lowest BCUT2D eigenvalue weighted by molar-refractivity contribution is -0.144. The highest BCUT2D eigenvalue weighted by atomic mass is 16.6. The van der Waals surface area contributed by atoms with E-state index in [1.54, 1.807) is 56.7 Å². The Morgan fingerprint density at radius 3 is 1.63 bits per heavy atom. The maximum atomic E-state index is 13.9. The zero-order chi connectivity index (χ0) is 33.2. The van der Waals surface area contributed by atoms with E-state index >= 15 is 0 Å². The van der Waals surface area contributed by atoms with Crippen LogP contribution in [0.5, 0.6) is 17.2 Å². The molecule has 3 aromatic carbocycles. The molecule has 1 aliphatic heterocycles. The van der Waals surface area contributed by atoms with Gasteiger partial charge in [-0.25, -0.2) is 14.4 Å². The molecule has 1 heterocycles. The third kappa shape index (κ3) is 7.40. The van der Waals surface area contributed by atoms with Crippen LogP contribution in [-0.4, -0.2) is 66.7 Å². The van der Waals surface area contributed by atoms with E-state index in [2.05, 4.69) is 0 Å². The highest BCUT2D eigenvalue weighted by Crippen LogP contribution is 2.47. The summed E-state index contributed by atoms with van der Waals surface area (Å²) in [6.07, 6.45) is 3.23. The normalized spacial score (nSPS) is 18.0. The smallest absolute Gasteiger partial charge is 0.373 e. The number of hydrogen-bond acceptors (Lipinski definition) is 10. The second kappa shape index (κ2) is 15.5. The first-order valence-electron chi connectivity index (χ1n) is 14.3. The summed E-state index contributed by atoms with van der Waals surface area (Å²) in [6.45, 7) is 0. The molecule has 1 aliphatic rings. The molecule has 0 bridgehead atoms. The van der Waals surface area contributed by atoms with Crippen molar-refractivity contribution in [1.82, 2.24) is 0 Å². The minimum Gasteiger partial charge on any atom is -0.497 e. The van der Waals surface area contributed by atoms with Crippen molar-refractivity contribution in [3.63, 3.8) is 0 Å². The molecule has 0 aromatic heterocycles. The van der Waals surface area contributed by atoms with E-state index in [4.69, 9.17) is 33.2 Å². The van der Waals surface area contributed by atoms with Crippen molar-refractivity contribution >= 4 is 23.5 Å². The number of rotatable bonds is 11. The van der Waals surface area contributed by atoms with Crippen molar-refractivity contribution in [2.75, 3.05) is 42.7 Å². The number of carbonyl (C=O) groups is 3. The molecule has 0 radical (unpaired) electrons. The molecule has 46 heavy (non-hydrogen) atoms. The Bertz CT molecular complexity index is 1620. The second-order valence-corrected chi connectivity index (χ2v) is 10.1. The summed E-state index contributed by atoms with van der Waals surface area (Å²) < 4.78 is 37.8. The van der Waals surface area contributed by atoms with Gasteiger partial charge < -0.3 is 33.2 Å². The Labute approximate surface area is 267 Å². The van der Waals surface area contributed by atoms with Gasteiger partial charge in [-0.05, 0) is 70.8 Å². The van der Waals surface area contributed by atoms with Crippen LogP contribution in [0.15, 0.2) is 102 Å². The summed E-state index contributed by atoms with van der Waals surface area (Å²) in [7, 11) is 8.43. The van der Waals surface area contributed by atoms with Gasteiger partial charge in [-0.3, -0.25) is 0 Å².